The van der Waals surface area contributed by atoms with Crippen molar-refractivity contribution in [2.24, 2.45) is 11.8 Å². The summed E-state index contributed by atoms with van der Waals surface area (Å²) in [5.74, 6) is -2.95. The molecule has 0 bridgehead atoms. The van der Waals surface area contributed by atoms with Crippen LogP contribution in [0.25, 0.3) is 0 Å². The van der Waals surface area contributed by atoms with Crippen LogP contribution in [-0.4, -0.2) is 47.1 Å². The molecule has 0 aliphatic carbocycles. The van der Waals surface area contributed by atoms with E-state index < -0.39 is 59.4 Å². The van der Waals surface area contributed by atoms with Gasteiger partial charge in [0.2, 0.25) is 5.76 Å². The van der Waals surface area contributed by atoms with E-state index in [-0.39, 0.29) is 48.9 Å². The lowest BCUT2D eigenvalue weighted by molar-refractivity contribution is -0.217. The number of ether oxygens (including phenoxy) is 2. The number of alkyl halides is 6. The second-order valence-corrected chi connectivity index (χ2v) is 10.1. The summed E-state index contributed by atoms with van der Waals surface area (Å²) in [5, 5.41) is 12.7. The molecule has 220 valence electrons. The SMILES string of the molecule is C[C@@H](O[C@H]1OC[C@@H]2CN(C(=O)c3cc(O)no3)C[C@H]2[C@@H]1c1ccc(F)cc1)c1cc(C(F)(F)F)cc(C(F)(F)F)c1. The third-order valence-corrected chi connectivity index (χ3v) is 7.39. The molecule has 1 N–H and O–H groups in total. The zero-order valence-corrected chi connectivity index (χ0v) is 21.2. The van der Waals surface area contributed by atoms with Crippen LogP contribution in [0.5, 0.6) is 5.88 Å². The molecule has 5 rings (SSSR count). The third-order valence-electron chi connectivity index (χ3n) is 7.39. The average molecular weight is 588 g/mol. The van der Waals surface area contributed by atoms with Gasteiger partial charge in [-0.25, -0.2) is 4.39 Å². The minimum Gasteiger partial charge on any atom is -0.491 e. The van der Waals surface area contributed by atoms with Crippen molar-refractivity contribution in [2.75, 3.05) is 19.7 Å². The largest absolute Gasteiger partial charge is 0.491 e. The van der Waals surface area contributed by atoms with E-state index in [9.17, 15) is 40.6 Å². The van der Waals surface area contributed by atoms with Crippen molar-refractivity contribution < 1.29 is 54.6 Å². The smallest absolute Gasteiger partial charge is 0.416 e. The molecule has 14 heteroatoms. The lowest BCUT2D eigenvalue weighted by Crippen LogP contribution is -2.42. The number of likely N-dealkylation sites (tertiary alicyclic amines) is 1. The summed E-state index contributed by atoms with van der Waals surface area (Å²) in [4.78, 5) is 14.4. The van der Waals surface area contributed by atoms with Gasteiger partial charge >= 0.3 is 12.4 Å². The molecule has 0 unspecified atom stereocenters. The van der Waals surface area contributed by atoms with Gasteiger partial charge in [0.25, 0.3) is 11.8 Å². The number of aromatic hydroxyl groups is 1. The van der Waals surface area contributed by atoms with Gasteiger partial charge in [0.1, 0.15) is 5.82 Å². The van der Waals surface area contributed by atoms with Gasteiger partial charge in [-0.2, -0.15) is 26.3 Å². The maximum Gasteiger partial charge on any atom is 0.416 e. The van der Waals surface area contributed by atoms with Crippen molar-refractivity contribution in [3.8, 4) is 5.88 Å². The number of amides is 1. The number of aromatic nitrogens is 1. The highest BCUT2D eigenvalue weighted by molar-refractivity contribution is 5.91. The minimum absolute atomic E-state index is 0.0393. The van der Waals surface area contributed by atoms with Crippen molar-refractivity contribution in [3.05, 3.63) is 82.4 Å². The number of rotatable bonds is 5. The Morgan fingerprint density at radius 1 is 1.02 bits per heavy atom. The Labute approximate surface area is 228 Å². The molecular formula is C27H23F7N2O5. The van der Waals surface area contributed by atoms with Gasteiger partial charge in [0, 0.05) is 24.9 Å². The lowest BCUT2D eigenvalue weighted by Gasteiger charge is -2.40. The van der Waals surface area contributed by atoms with Gasteiger partial charge in [0.15, 0.2) is 6.29 Å². The van der Waals surface area contributed by atoms with Crippen LogP contribution in [0.3, 0.4) is 0 Å². The van der Waals surface area contributed by atoms with Crippen LogP contribution in [-0.2, 0) is 21.8 Å². The van der Waals surface area contributed by atoms with Gasteiger partial charge in [-0.15, -0.1) is 0 Å². The number of benzene rings is 2. The number of carbonyl (C=O) groups is 1. The fraction of sp³-hybridized carbons (Fsp3) is 0.407. The zero-order valence-electron chi connectivity index (χ0n) is 21.2. The Balaban J connectivity index is 1.44. The molecule has 2 aliphatic heterocycles. The Kier molecular flexibility index (Phi) is 7.49. The predicted octanol–water partition coefficient (Wildman–Crippen LogP) is 6.16. The highest BCUT2D eigenvalue weighted by atomic mass is 19.4. The molecule has 3 aromatic rings. The second kappa shape index (κ2) is 10.6. The van der Waals surface area contributed by atoms with E-state index in [1.54, 1.807) is 0 Å². The molecule has 1 aromatic heterocycles. The number of hydrogen-bond donors (Lipinski definition) is 1. The van der Waals surface area contributed by atoms with Crippen LogP contribution in [0, 0.1) is 17.7 Å². The summed E-state index contributed by atoms with van der Waals surface area (Å²) in [6.07, 6.45) is -12.5. The number of halogens is 7. The maximum absolute atomic E-state index is 13.7. The van der Waals surface area contributed by atoms with Crippen LogP contribution in [0.4, 0.5) is 30.7 Å². The third kappa shape index (κ3) is 6.03. The normalized spacial score (nSPS) is 23.9. The van der Waals surface area contributed by atoms with E-state index in [4.69, 9.17) is 14.0 Å². The van der Waals surface area contributed by atoms with Gasteiger partial charge < -0.3 is 24.0 Å². The molecule has 41 heavy (non-hydrogen) atoms. The van der Waals surface area contributed by atoms with Crippen molar-refractivity contribution >= 4 is 5.91 Å². The lowest BCUT2D eigenvalue weighted by atomic mass is 9.77. The second-order valence-electron chi connectivity index (χ2n) is 10.1. The summed E-state index contributed by atoms with van der Waals surface area (Å²) < 4.78 is 111. The van der Waals surface area contributed by atoms with E-state index in [1.165, 1.54) is 36.1 Å². The van der Waals surface area contributed by atoms with E-state index in [0.717, 1.165) is 6.07 Å². The van der Waals surface area contributed by atoms with Crippen LogP contribution in [0.2, 0.25) is 0 Å². The monoisotopic (exact) mass is 588 g/mol. The topological polar surface area (TPSA) is 85.0 Å². The van der Waals surface area contributed by atoms with Crippen LogP contribution in [0.15, 0.2) is 53.1 Å². The molecule has 0 saturated carbocycles. The van der Waals surface area contributed by atoms with Crippen LogP contribution < -0.4 is 0 Å². The first-order valence-corrected chi connectivity index (χ1v) is 12.5. The first kappa shape index (κ1) is 28.9. The van der Waals surface area contributed by atoms with E-state index in [0.29, 0.717) is 17.7 Å². The Hall–Kier alpha value is -3.65. The van der Waals surface area contributed by atoms with E-state index in [1.807, 2.05) is 0 Å². The molecule has 0 radical (unpaired) electrons. The number of carbonyl (C=O) groups excluding carboxylic acids is 1. The molecule has 5 atom stereocenters. The summed E-state index contributed by atoms with van der Waals surface area (Å²) in [6, 6.07) is 7.68. The summed E-state index contributed by atoms with van der Waals surface area (Å²) in [6.45, 7) is 1.77. The van der Waals surface area contributed by atoms with Crippen molar-refractivity contribution in [1.29, 1.82) is 0 Å². The number of fused-ring (bicyclic) bond motifs is 1. The quantitative estimate of drug-likeness (QED) is 0.360. The Bertz CT molecular complexity index is 1370. The Morgan fingerprint density at radius 3 is 2.22 bits per heavy atom. The molecule has 2 saturated heterocycles. The van der Waals surface area contributed by atoms with Crippen molar-refractivity contribution in [3.63, 3.8) is 0 Å². The van der Waals surface area contributed by atoms with Crippen molar-refractivity contribution in [2.45, 2.75) is 37.6 Å². The fourth-order valence-corrected chi connectivity index (χ4v) is 5.40. The molecule has 2 fully saturated rings. The van der Waals surface area contributed by atoms with Gasteiger partial charge in [-0.05, 0) is 59.5 Å². The predicted molar refractivity (Wildman–Crippen MR) is 126 cm³/mol. The highest BCUT2D eigenvalue weighted by Crippen LogP contribution is 2.46. The molecule has 7 nitrogen and oxygen atoms in total. The van der Waals surface area contributed by atoms with Crippen LogP contribution >= 0.6 is 0 Å². The molecule has 3 heterocycles. The number of hydrogen-bond acceptors (Lipinski definition) is 6. The summed E-state index contributed by atoms with van der Waals surface area (Å²) in [5.41, 5.74) is -2.75. The molecule has 0 spiro atoms. The average Bonchev–Trinajstić information content (AvgIpc) is 3.54. The highest BCUT2D eigenvalue weighted by Gasteiger charge is 2.49. The molecule has 1 amide bonds. The molecule has 2 aliphatic rings. The summed E-state index contributed by atoms with van der Waals surface area (Å²) in [7, 11) is 0. The van der Waals surface area contributed by atoms with E-state index in [2.05, 4.69) is 5.16 Å². The maximum atomic E-state index is 13.7. The minimum atomic E-state index is -5.03. The van der Waals surface area contributed by atoms with Gasteiger partial charge in [-0.1, -0.05) is 12.1 Å². The number of nitrogens with zero attached hydrogens (tertiary/aromatic N) is 2. The fourth-order valence-electron chi connectivity index (χ4n) is 5.40. The summed E-state index contributed by atoms with van der Waals surface area (Å²) >= 11 is 0. The van der Waals surface area contributed by atoms with Gasteiger partial charge in [-0.3, -0.25) is 4.79 Å². The standard InChI is InChI=1S/C27H23F7N2O5/c1-13(15-6-17(26(29,30)31)8-18(7-15)27(32,33)34)40-25-23(14-2-4-19(28)5-3-14)20-11-36(10-16(20)12-39-25)24(38)21-9-22(37)35-41-21/h2-9,13,16,20,23,25H,10-12H2,1H3,(H,35,37)/t13-,16+,20-,23+,25-/m1/s1. The van der Waals surface area contributed by atoms with Crippen LogP contribution in [0.1, 0.15) is 51.8 Å². The van der Waals surface area contributed by atoms with E-state index >= 15 is 0 Å². The zero-order chi connectivity index (χ0) is 29.7. The first-order chi connectivity index (χ1) is 19.2. The first-order valence-electron chi connectivity index (χ1n) is 12.5. The molecular weight excluding hydrogens is 565 g/mol. The van der Waals surface area contributed by atoms with Crippen molar-refractivity contribution in [1.82, 2.24) is 10.1 Å². The molecule has 2 aromatic carbocycles. The van der Waals surface area contributed by atoms with Gasteiger partial charge in [0.05, 0.1) is 29.9 Å². The Morgan fingerprint density at radius 2 is 1.66 bits per heavy atom.